The lowest BCUT2D eigenvalue weighted by atomic mass is 10.1. The second-order valence-electron chi connectivity index (χ2n) is 8.34. The van der Waals surface area contributed by atoms with Gasteiger partial charge in [0.15, 0.2) is 0 Å². The normalized spacial score (nSPS) is 13.8. The molecule has 7 heteroatoms. The summed E-state index contributed by atoms with van der Waals surface area (Å²) in [6.45, 7) is 4.68. The maximum Gasteiger partial charge on any atom is 0.340 e. The van der Waals surface area contributed by atoms with Crippen LogP contribution >= 0.6 is 0 Å². The van der Waals surface area contributed by atoms with Crippen molar-refractivity contribution in [3.63, 3.8) is 0 Å². The van der Waals surface area contributed by atoms with E-state index in [4.69, 9.17) is 9.47 Å². The Bertz CT molecular complexity index is 1130. The number of piperazine rings is 1. The fourth-order valence-electron chi connectivity index (χ4n) is 4.40. The van der Waals surface area contributed by atoms with Crippen LogP contribution in [0.4, 0.5) is 11.4 Å². The first-order valence-electron chi connectivity index (χ1n) is 11.8. The number of hydrogen-bond donors (Lipinski definition) is 0. The lowest BCUT2D eigenvalue weighted by Crippen LogP contribution is -2.49. The molecule has 1 aliphatic rings. The van der Waals surface area contributed by atoms with Crippen molar-refractivity contribution in [3.8, 4) is 5.75 Å². The van der Waals surface area contributed by atoms with E-state index in [-0.39, 0.29) is 5.91 Å². The highest BCUT2D eigenvalue weighted by Crippen LogP contribution is 2.34. The highest BCUT2D eigenvalue weighted by molar-refractivity contribution is 6.10. The van der Waals surface area contributed by atoms with Gasteiger partial charge in [0.2, 0.25) is 0 Å². The molecule has 182 valence electrons. The van der Waals surface area contributed by atoms with Crippen LogP contribution in [0.1, 0.15) is 20.7 Å². The first kappa shape index (κ1) is 24.3. The van der Waals surface area contributed by atoms with E-state index in [0.29, 0.717) is 35.7 Å². The molecule has 0 aromatic heterocycles. The number of hydrogen-bond acceptors (Lipinski definition) is 6. The SMILES string of the molecule is COC(=O)c1cccc(OC)c1N(CCN1CCN(c2ccccc2)CC1)C(=O)c1ccccc1. The molecule has 1 amide bonds. The molecule has 0 aliphatic carbocycles. The molecule has 3 aromatic carbocycles. The predicted molar refractivity (Wildman–Crippen MR) is 138 cm³/mol. The van der Waals surface area contributed by atoms with Crippen LogP contribution in [0.25, 0.3) is 0 Å². The van der Waals surface area contributed by atoms with Gasteiger partial charge in [0.05, 0.1) is 19.8 Å². The van der Waals surface area contributed by atoms with Crippen molar-refractivity contribution in [1.29, 1.82) is 0 Å². The number of carbonyl (C=O) groups excluding carboxylic acids is 2. The van der Waals surface area contributed by atoms with E-state index in [0.717, 1.165) is 26.2 Å². The van der Waals surface area contributed by atoms with Gasteiger partial charge in [0, 0.05) is 50.5 Å². The van der Waals surface area contributed by atoms with E-state index >= 15 is 0 Å². The zero-order valence-corrected chi connectivity index (χ0v) is 20.2. The van der Waals surface area contributed by atoms with Gasteiger partial charge >= 0.3 is 5.97 Å². The molecule has 1 fully saturated rings. The van der Waals surface area contributed by atoms with Crippen LogP contribution < -0.4 is 14.5 Å². The molecule has 7 nitrogen and oxygen atoms in total. The average molecular weight is 474 g/mol. The van der Waals surface area contributed by atoms with Crippen LogP contribution in [0, 0.1) is 0 Å². The molecular weight excluding hydrogens is 442 g/mol. The summed E-state index contributed by atoms with van der Waals surface area (Å²) in [6.07, 6.45) is 0. The molecule has 1 heterocycles. The van der Waals surface area contributed by atoms with Crippen molar-refractivity contribution in [3.05, 3.63) is 90.0 Å². The fraction of sp³-hybridized carbons (Fsp3) is 0.286. The maximum absolute atomic E-state index is 13.7. The molecule has 1 saturated heterocycles. The molecule has 0 saturated carbocycles. The summed E-state index contributed by atoms with van der Waals surface area (Å²) >= 11 is 0. The van der Waals surface area contributed by atoms with E-state index in [2.05, 4.69) is 34.1 Å². The third-order valence-corrected chi connectivity index (χ3v) is 6.29. The van der Waals surface area contributed by atoms with Crippen LogP contribution in [-0.4, -0.2) is 70.3 Å². The molecule has 3 aromatic rings. The molecule has 0 radical (unpaired) electrons. The van der Waals surface area contributed by atoms with Crippen molar-refractivity contribution in [2.45, 2.75) is 0 Å². The van der Waals surface area contributed by atoms with Gasteiger partial charge in [-0.3, -0.25) is 9.69 Å². The molecule has 1 aliphatic heterocycles. The second kappa shape index (κ2) is 11.5. The van der Waals surface area contributed by atoms with Gasteiger partial charge in [-0.05, 0) is 36.4 Å². The minimum Gasteiger partial charge on any atom is -0.495 e. The number of nitrogens with zero attached hydrogens (tertiary/aromatic N) is 3. The summed E-state index contributed by atoms with van der Waals surface area (Å²) in [4.78, 5) is 32.7. The van der Waals surface area contributed by atoms with Crippen LogP contribution in [0.3, 0.4) is 0 Å². The summed E-state index contributed by atoms with van der Waals surface area (Å²) < 4.78 is 10.6. The molecule has 0 unspecified atom stereocenters. The standard InChI is InChI=1S/C28H31N3O4/c1-34-25-15-9-14-24(28(33)35-2)26(25)31(27(32)22-10-5-3-6-11-22)21-18-29-16-19-30(20-17-29)23-12-7-4-8-13-23/h3-15H,16-21H2,1-2H3. The number of anilines is 2. The molecule has 0 bridgehead atoms. The number of methoxy groups -OCH3 is 2. The van der Waals surface area contributed by atoms with Gasteiger partial charge in [0.25, 0.3) is 5.91 Å². The molecule has 35 heavy (non-hydrogen) atoms. The van der Waals surface area contributed by atoms with Gasteiger partial charge in [-0.15, -0.1) is 0 Å². The lowest BCUT2D eigenvalue weighted by molar-refractivity contribution is 0.0601. The predicted octanol–water partition coefficient (Wildman–Crippen LogP) is 3.95. The van der Waals surface area contributed by atoms with Crippen molar-refractivity contribution in [2.75, 3.05) is 63.3 Å². The van der Waals surface area contributed by atoms with Crippen LogP contribution in [0.15, 0.2) is 78.9 Å². The molecule has 0 atom stereocenters. The van der Waals surface area contributed by atoms with E-state index in [9.17, 15) is 9.59 Å². The van der Waals surface area contributed by atoms with Crippen molar-refractivity contribution < 1.29 is 19.1 Å². The zero-order chi connectivity index (χ0) is 24.6. The van der Waals surface area contributed by atoms with Crippen LogP contribution in [-0.2, 0) is 4.74 Å². The Hall–Kier alpha value is -3.84. The van der Waals surface area contributed by atoms with Crippen molar-refractivity contribution in [2.24, 2.45) is 0 Å². The number of rotatable bonds is 8. The minimum atomic E-state index is -0.513. The smallest absolute Gasteiger partial charge is 0.340 e. The number of amides is 1. The Labute approximate surface area is 206 Å². The number of carbonyl (C=O) groups is 2. The summed E-state index contributed by atoms with van der Waals surface area (Å²) in [5.41, 5.74) is 2.50. The third-order valence-electron chi connectivity index (χ3n) is 6.29. The van der Waals surface area contributed by atoms with Gasteiger partial charge in [-0.1, -0.05) is 42.5 Å². The first-order chi connectivity index (χ1) is 17.1. The quantitative estimate of drug-likeness (QED) is 0.462. The molecular formula is C28H31N3O4. The van der Waals surface area contributed by atoms with Crippen LogP contribution in [0.2, 0.25) is 0 Å². The molecule has 4 rings (SSSR count). The Balaban J connectivity index is 1.56. The van der Waals surface area contributed by atoms with Crippen molar-refractivity contribution in [1.82, 2.24) is 4.90 Å². The van der Waals surface area contributed by atoms with E-state index in [1.807, 2.05) is 24.3 Å². The number of ether oxygens (including phenoxy) is 2. The Kier molecular flexibility index (Phi) is 8.00. The minimum absolute atomic E-state index is 0.192. The Morgan fingerprint density at radius 3 is 2.11 bits per heavy atom. The van der Waals surface area contributed by atoms with Gasteiger partial charge < -0.3 is 19.3 Å². The van der Waals surface area contributed by atoms with Gasteiger partial charge in [-0.2, -0.15) is 0 Å². The summed E-state index contributed by atoms with van der Waals surface area (Å²) in [6, 6.07) is 24.6. The van der Waals surface area contributed by atoms with Gasteiger partial charge in [0.1, 0.15) is 11.4 Å². The zero-order valence-electron chi connectivity index (χ0n) is 20.2. The summed E-state index contributed by atoms with van der Waals surface area (Å²) in [7, 11) is 2.87. The van der Waals surface area contributed by atoms with E-state index in [1.165, 1.54) is 19.9 Å². The Morgan fingerprint density at radius 2 is 1.49 bits per heavy atom. The fourth-order valence-corrected chi connectivity index (χ4v) is 4.40. The largest absolute Gasteiger partial charge is 0.495 e. The maximum atomic E-state index is 13.7. The Morgan fingerprint density at radius 1 is 0.829 bits per heavy atom. The highest BCUT2D eigenvalue weighted by atomic mass is 16.5. The number of benzene rings is 3. The van der Waals surface area contributed by atoms with Gasteiger partial charge in [-0.25, -0.2) is 4.79 Å². The van der Waals surface area contributed by atoms with E-state index < -0.39 is 5.97 Å². The number of esters is 1. The summed E-state index contributed by atoms with van der Waals surface area (Å²) in [5, 5.41) is 0. The van der Waals surface area contributed by atoms with E-state index in [1.54, 1.807) is 35.2 Å². The first-order valence-corrected chi connectivity index (χ1v) is 11.8. The average Bonchev–Trinajstić information content (AvgIpc) is 2.93. The third kappa shape index (κ3) is 5.63. The molecule has 0 N–H and O–H groups in total. The highest BCUT2D eigenvalue weighted by Gasteiger charge is 2.28. The number of para-hydroxylation sites is 2. The van der Waals surface area contributed by atoms with Crippen LogP contribution in [0.5, 0.6) is 5.75 Å². The monoisotopic (exact) mass is 473 g/mol. The summed E-state index contributed by atoms with van der Waals surface area (Å²) in [5.74, 6) is -0.254. The second-order valence-corrected chi connectivity index (χ2v) is 8.34. The topological polar surface area (TPSA) is 62.3 Å². The molecule has 0 spiro atoms. The lowest BCUT2D eigenvalue weighted by Gasteiger charge is -2.37. The van der Waals surface area contributed by atoms with Crippen molar-refractivity contribution >= 4 is 23.3 Å².